The smallest absolute Gasteiger partial charge is 0.389 e. The minimum Gasteiger partial charge on any atom is -0.389 e. The SMILES string of the molecule is CC1N=Cc2c(-c3ccc(C(F)(F)F)cc3)cnc(NCC(C)(C)O)c2C1=O. The van der Waals surface area contributed by atoms with Crippen molar-refractivity contribution >= 4 is 17.8 Å². The normalized spacial score (nSPS) is 16.8. The fourth-order valence-electron chi connectivity index (χ4n) is 2.87. The molecular formula is C20H20F3N3O2. The second-order valence-electron chi connectivity index (χ2n) is 7.37. The third-order valence-electron chi connectivity index (χ3n) is 4.38. The van der Waals surface area contributed by atoms with Gasteiger partial charge < -0.3 is 10.4 Å². The number of hydrogen-bond donors (Lipinski definition) is 2. The highest BCUT2D eigenvalue weighted by Gasteiger charge is 2.31. The molecule has 3 rings (SSSR count). The number of alkyl halides is 3. The summed E-state index contributed by atoms with van der Waals surface area (Å²) in [6, 6.07) is 4.10. The maximum Gasteiger partial charge on any atom is 0.416 e. The van der Waals surface area contributed by atoms with Crippen molar-refractivity contribution in [2.45, 2.75) is 38.6 Å². The van der Waals surface area contributed by atoms with E-state index in [4.69, 9.17) is 0 Å². The van der Waals surface area contributed by atoms with E-state index >= 15 is 0 Å². The first-order chi connectivity index (χ1) is 13.0. The Labute approximate surface area is 160 Å². The van der Waals surface area contributed by atoms with Gasteiger partial charge in [0.1, 0.15) is 11.9 Å². The molecule has 28 heavy (non-hydrogen) atoms. The Hall–Kier alpha value is -2.74. The van der Waals surface area contributed by atoms with Crippen LogP contribution in [-0.2, 0) is 6.18 Å². The number of aliphatic imine (C=N–C) groups is 1. The van der Waals surface area contributed by atoms with Crippen LogP contribution in [0.5, 0.6) is 0 Å². The zero-order valence-electron chi connectivity index (χ0n) is 15.6. The molecule has 0 radical (unpaired) electrons. The molecule has 1 atom stereocenters. The van der Waals surface area contributed by atoms with Gasteiger partial charge >= 0.3 is 6.18 Å². The van der Waals surface area contributed by atoms with Crippen LogP contribution in [0.1, 0.15) is 42.3 Å². The molecule has 0 bridgehead atoms. The second kappa shape index (κ2) is 7.01. The fraction of sp³-hybridized carbons (Fsp3) is 0.350. The molecule has 1 aromatic heterocycles. The quantitative estimate of drug-likeness (QED) is 0.828. The molecule has 1 aliphatic rings. The van der Waals surface area contributed by atoms with E-state index in [1.54, 1.807) is 27.0 Å². The number of carbonyl (C=O) groups excluding carboxylic acids is 1. The minimum atomic E-state index is -4.42. The third-order valence-corrected chi connectivity index (χ3v) is 4.38. The zero-order chi connectivity index (χ0) is 20.7. The molecule has 1 aromatic carbocycles. The van der Waals surface area contributed by atoms with E-state index in [-0.39, 0.29) is 12.3 Å². The molecule has 2 heterocycles. The predicted molar refractivity (Wildman–Crippen MR) is 101 cm³/mol. The highest BCUT2D eigenvalue weighted by molar-refractivity contribution is 6.15. The summed E-state index contributed by atoms with van der Waals surface area (Å²) in [5, 5.41) is 12.9. The van der Waals surface area contributed by atoms with E-state index in [9.17, 15) is 23.1 Å². The molecule has 1 aliphatic heterocycles. The minimum absolute atomic E-state index is 0.171. The van der Waals surface area contributed by atoms with Crippen LogP contribution in [0.4, 0.5) is 19.0 Å². The highest BCUT2D eigenvalue weighted by atomic mass is 19.4. The summed E-state index contributed by atoms with van der Waals surface area (Å²) < 4.78 is 38.5. The number of benzene rings is 1. The lowest BCUT2D eigenvalue weighted by Crippen LogP contribution is -2.31. The number of ketones is 1. The highest BCUT2D eigenvalue weighted by Crippen LogP contribution is 2.34. The number of anilines is 1. The van der Waals surface area contributed by atoms with Crippen LogP contribution in [0.15, 0.2) is 35.5 Å². The van der Waals surface area contributed by atoms with Gasteiger partial charge in [0.2, 0.25) is 0 Å². The molecule has 2 aromatic rings. The van der Waals surface area contributed by atoms with Crippen LogP contribution in [0.3, 0.4) is 0 Å². The van der Waals surface area contributed by atoms with Gasteiger partial charge in [-0.05, 0) is 38.5 Å². The predicted octanol–water partition coefficient (Wildman–Crippen LogP) is 3.95. The maximum atomic E-state index is 12.8. The summed E-state index contributed by atoms with van der Waals surface area (Å²) in [4.78, 5) is 21.2. The van der Waals surface area contributed by atoms with Gasteiger partial charge in [0.25, 0.3) is 0 Å². The van der Waals surface area contributed by atoms with E-state index in [0.29, 0.717) is 28.1 Å². The molecule has 0 spiro atoms. The van der Waals surface area contributed by atoms with E-state index in [2.05, 4.69) is 15.3 Å². The molecule has 0 amide bonds. The van der Waals surface area contributed by atoms with Crippen molar-refractivity contribution < 1.29 is 23.1 Å². The lowest BCUT2D eigenvalue weighted by Gasteiger charge is -2.23. The number of pyridine rings is 1. The van der Waals surface area contributed by atoms with E-state index < -0.39 is 23.4 Å². The number of nitrogens with zero attached hydrogens (tertiary/aromatic N) is 2. The molecule has 148 valence electrons. The Morgan fingerprint density at radius 2 is 1.82 bits per heavy atom. The number of rotatable bonds is 4. The van der Waals surface area contributed by atoms with E-state index in [1.807, 2.05) is 0 Å². The third kappa shape index (κ3) is 4.06. The summed E-state index contributed by atoms with van der Waals surface area (Å²) in [7, 11) is 0. The van der Waals surface area contributed by atoms with Gasteiger partial charge in [-0.25, -0.2) is 4.98 Å². The van der Waals surface area contributed by atoms with E-state index in [1.165, 1.54) is 18.3 Å². The number of aliphatic hydroxyl groups is 1. The molecule has 5 nitrogen and oxygen atoms in total. The van der Waals surface area contributed by atoms with Crippen LogP contribution in [0, 0.1) is 0 Å². The number of fused-ring (bicyclic) bond motifs is 1. The molecule has 1 unspecified atom stereocenters. The van der Waals surface area contributed by atoms with Crippen molar-refractivity contribution in [3.05, 3.63) is 47.2 Å². The summed E-state index contributed by atoms with van der Waals surface area (Å²) in [5.74, 6) is 0.0767. The average Bonchev–Trinajstić information content (AvgIpc) is 2.61. The van der Waals surface area contributed by atoms with E-state index in [0.717, 1.165) is 12.1 Å². The number of nitrogens with one attached hydrogen (secondary N) is 1. The molecule has 0 saturated carbocycles. The first kappa shape index (κ1) is 20.0. The molecule has 0 saturated heterocycles. The number of hydrogen-bond acceptors (Lipinski definition) is 5. The van der Waals surface area contributed by atoms with Crippen molar-refractivity contribution in [3.63, 3.8) is 0 Å². The van der Waals surface area contributed by atoms with Crippen molar-refractivity contribution in [1.29, 1.82) is 0 Å². The summed E-state index contributed by atoms with van der Waals surface area (Å²) in [6.45, 7) is 5.07. The number of Topliss-reactive ketones (excluding diaryl/α,β-unsaturated/α-hetero) is 1. The van der Waals surface area contributed by atoms with Gasteiger partial charge in [-0.3, -0.25) is 9.79 Å². The van der Waals surface area contributed by atoms with Crippen molar-refractivity contribution in [3.8, 4) is 11.1 Å². The monoisotopic (exact) mass is 391 g/mol. The first-order valence-corrected chi connectivity index (χ1v) is 8.71. The van der Waals surface area contributed by atoms with Crippen LogP contribution in [-0.4, -0.2) is 40.3 Å². The lowest BCUT2D eigenvalue weighted by atomic mass is 9.91. The Morgan fingerprint density at radius 1 is 1.18 bits per heavy atom. The Kier molecular flexibility index (Phi) is 5.01. The van der Waals surface area contributed by atoms with Crippen molar-refractivity contribution in [2.75, 3.05) is 11.9 Å². The van der Waals surface area contributed by atoms with Crippen LogP contribution < -0.4 is 5.32 Å². The summed E-state index contributed by atoms with van der Waals surface area (Å²) in [6.07, 6.45) is -1.39. The maximum absolute atomic E-state index is 12.8. The van der Waals surface area contributed by atoms with Gasteiger partial charge in [-0.2, -0.15) is 13.2 Å². The molecular weight excluding hydrogens is 371 g/mol. The summed E-state index contributed by atoms with van der Waals surface area (Å²) >= 11 is 0. The van der Waals surface area contributed by atoms with Gasteiger partial charge in [0, 0.05) is 30.1 Å². The standard InChI is InChI=1S/C20H20F3N3O2/c1-11-17(27)16-15(9-24-11)14(8-25-18(16)26-10-19(2,3)28)12-4-6-13(7-5-12)20(21,22)23/h4-9,11,28H,10H2,1-3H3,(H,25,26). The fourth-order valence-corrected chi connectivity index (χ4v) is 2.87. The zero-order valence-corrected chi connectivity index (χ0v) is 15.6. The van der Waals surface area contributed by atoms with Gasteiger partial charge in [-0.1, -0.05) is 12.1 Å². The Morgan fingerprint density at radius 3 is 2.39 bits per heavy atom. The van der Waals surface area contributed by atoms with Gasteiger partial charge in [0.15, 0.2) is 5.78 Å². The molecule has 0 aliphatic carbocycles. The number of halogens is 3. The van der Waals surface area contributed by atoms with Crippen molar-refractivity contribution in [2.24, 2.45) is 4.99 Å². The van der Waals surface area contributed by atoms with Crippen molar-refractivity contribution in [1.82, 2.24) is 4.98 Å². The molecule has 0 fully saturated rings. The number of carbonyl (C=O) groups is 1. The lowest BCUT2D eigenvalue weighted by molar-refractivity contribution is -0.137. The van der Waals surface area contributed by atoms with Crippen LogP contribution in [0.2, 0.25) is 0 Å². The van der Waals surface area contributed by atoms with Gasteiger partial charge in [-0.15, -0.1) is 0 Å². The largest absolute Gasteiger partial charge is 0.416 e. The Bertz CT molecular complexity index is 929. The first-order valence-electron chi connectivity index (χ1n) is 8.71. The molecule has 8 heteroatoms. The van der Waals surface area contributed by atoms with Gasteiger partial charge in [0.05, 0.1) is 16.7 Å². The molecule has 2 N–H and O–H groups in total. The summed E-state index contributed by atoms with van der Waals surface area (Å²) in [5.41, 5.74) is 0.0687. The Balaban J connectivity index is 2.07. The number of aromatic nitrogens is 1. The topological polar surface area (TPSA) is 74.6 Å². The van der Waals surface area contributed by atoms with Crippen LogP contribution >= 0.6 is 0 Å². The van der Waals surface area contributed by atoms with Crippen LogP contribution in [0.25, 0.3) is 11.1 Å². The second-order valence-corrected chi connectivity index (χ2v) is 7.37. The average molecular weight is 391 g/mol.